The Bertz CT molecular complexity index is 421. The zero-order valence-electron chi connectivity index (χ0n) is 11.0. The largest absolute Gasteiger partial charge is 0.456 e. The Balaban J connectivity index is 2.99. The second kappa shape index (κ2) is 5.93. The Morgan fingerprint density at radius 3 is 1.75 bits per heavy atom. The summed E-state index contributed by atoms with van der Waals surface area (Å²) in [4.78, 5) is 1.86. The van der Waals surface area contributed by atoms with Gasteiger partial charge in [-0.15, -0.1) is 0 Å². The van der Waals surface area contributed by atoms with Crippen molar-refractivity contribution in [3.8, 4) is 0 Å². The minimum atomic E-state index is -5.91. The number of nitrogens with zero attached hydrogens (tertiary/aromatic N) is 1. The molecule has 0 saturated heterocycles. The van der Waals surface area contributed by atoms with Crippen LogP contribution in [0.1, 0.15) is 25.6 Å². The van der Waals surface area contributed by atoms with E-state index in [4.69, 9.17) is 0 Å². The van der Waals surface area contributed by atoms with Crippen LogP contribution in [-0.2, 0) is 0 Å². The molecule has 1 aromatic rings. The van der Waals surface area contributed by atoms with Crippen LogP contribution >= 0.6 is 0 Å². The molecule has 0 bridgehead atoms. The first-order chi connectivity index (χ1) is 9.15. The number of anilines is 1. The van der Waals surface area contributed by atoms with E-state index in [9.17, 15) is 26.3 Å². The van der Waals surface area contributed by atoms with E-state index in [1.165, 1.54) is 12.1 Å². The summed E-state index contributed by atoms with van der Waals surface area (Å²) in [6.07, 6.45) is -9.32. The highest BCUT2D eigenvalue weighted by Crippen LogP contribution is 2.46. The van der Waals surface area contributed by atoms with Gasteiger partial charge in [0.2, 0.25) is 0 Å². The van der Waals surface area contributed by atoms with E-state index in [0.29, 0.717) is 18.8 Å². The average Bonchev–Trinajstić information content (AvgIpc) is 2.39. The summed E-state index contributed by atoms with van der Waals surface area (Å²) in [5.41, 5.74) is -0.0514. The molecule has 20 heavy (non-hydrogen) atoms. The molecule has 0 radical (unpaired) electrons. The Labute approximate surface area is 113 Å². The molecular formula is C13H15F6N. The van der Waals surface area contributed by atoms with Crippen LogP contribution in [0.15, 0.2) is 24.3 Å². The number of rotatable bonds is 5. The highest BCUT2D eigenvalue weighted by molar-refractivity contribution is 5.47. The van der Waals surface area contributed by atoms with Gasteiger partial charge < -0.3 is 4.90 Å². The van der Waals surface area contributed by atoms with Gasteiger partial charge >= 0.3 is 12.1 Å². The van der Waals surface area contributed by atoms with Gasteiger partial charge in [0, 0.05) is 18.8 Å². The van der Waals surface area contributed by atoms with Crippen molar-refractivity contribution in [1.82, 2.24) is 0 Å². The molecule has 0 aliphatic heterocycles. The van der Waals surface area contributed by atoms with E-state index in [0.717, 1.165) is 12.1 Å². The fourth-order valence-corrected chi connectivity index (χ4v) is 1.80. The van der Waals surface area contributed by atoms with Gasteiger partial charge in [0.1, 0.15) is 0 Å². The molecule has 0 saturated carbocycles. The van der Waals surface area contributed by atoms with Crippen LogP contribution in [-0.4, -0.2) is 25.2 Å². The third-order valence-corrected chi connectivity index (χ3v) is 3.01. The minimum Gasteiger partial charge on any atom is -0.372 e. The van der Waals surface area contributed by atoms with Gasteiger partial charge in [0.25, 0.3) is 0 Å². The molecular weight excluding hydrogens is 284 g/mol. The van der Waals surface area contributed by atoms with E-state index in [1.54, 1.807) is 0 Å². The summed E-state index contributed by atoms with van der Waals surface area (Å²) < 4.78 is 75.5. The van der Waals surface area contributed by atoms with Crippen molar-refractivity contribution < 1.29 is 26.3 Å². The first-order valence-corrected chi connectivity index (χ1v) is 6.08. The number of halogens is 6. The molecule has 1 nitrogen and oxygen atoms in total. The second-order valence-electron chi connectivity index (χ2n) is 4.25. The molecule has 1 rings (SSSR count). The van der Waals surface area contributed by atoms with Crippen LogP contribution in [0.4, 0.5) is 32.0 Å². The lowest BCUT2D eigenvalue weighted by molar-refractivity contribution is -0.305. The molecule has 0 amide bonds. The predicted octanol–water partition coefficient (Wildman–Crippen LogP) is 4.74. The van der Waals surface area contributed by atoms with Gasteiger partial charge in [0.05, 0.1) is 0 Å². The van der Waals surface area contributed by atoms with Crippen molar-refractivity contribution in [2.24, 2.45) is 0 Å². The smallest absolute Gasteiger partial charge is 0.372 e. The highest BCUT2D eigenvalue weighted by atomic mass is 19.4. The normalized spacial score (nSPS) is 14.2. The van der Waals surface area contributed by atoms with Crippen LogP contribution in [0.2, 0.25) is 0 Å². The van der Waals surface area contributed by atoms with Gasteiger partial charge in [-0.05, 0) is 31.5 Å². The topological polar surface area (TPSA) is 3.24 Å². The second-order valence-corrected chi connectivity index (χ2v) is 4.25. The summed E-state index contributed by atoms with van der Waals surface area (Å²) in [6, 6.07) is 4.58. The Hall–Kier alpha value is -1.40. The molecule has 0 aliphatic carbocycles. The quantitative estimate of drug-likeness (QED) is 0.710. The maximum absolute atomic E-state index is 13.4. The SMILES string of the molecule is CCN(CC)c1ccc(C(F)C(F)(F)C(F)(F)F)cc1. The summed E-state index contributed by atoms with van der Waals surface area (Å²) in [6.45, 7) is 5.03. The zero-order chi connectivity index (χ0) is 15.6. The summed E-state index contributed by atoms with van der Waals surface area (Å²) in [5.74, 6) is -5.40. The van der Waals surface area contributed by atoms with E-state index in [2.05, 4.69) is 0 Å². The molecule has 0 aromatic heterocycles. The summed E-state index contributed by atoms with van der Waals surface area (Å²) in [7, 11) is 0. The lowest BCUT2D eigenvalue weighted by Crippen LogP contribution is -2.40. The molecule has 1 aromatic carbocycles. The van der Waals surface area contributed by atoms with Crippen molar-refractivity contribution in [2.75, 3.05) is 18.0 Å². The van der Waals surface area contributed by atoms with Gasteiger partial charge in [-0.2, -0.15) is 22.0 Å². The first-order valence-electron chi connectivity index (χ1n) is 6.08. The summed E-state index contributed by atoms with van der Waals surface area (Å²) >= 11 is 0. The Morgan fingerprint density at radius 1 is 0.950 bits per heavy atom. The third-order valence-electron chi connectivity index (χ3n) is 3.01. The number of hydrogen-bond acceptors (Lipinski definition) is 1. The van der Waals surface area contributed by atoms with E-state index < -0.39 is 23.8 Å². The molecule has 0 aliphatic rings. The van der Waals surface area contributed by atoms with Gasteiger partial charge in [-0.1, -0.05) is 12.1 Å². The van der Waals surface area contributed by atoms with Gasteiger partial charge in [0.15, 0.2) is 6.17 Å². The number of hydrogen-bond donors (Lipinski definition) is 0. The summed E-state index contributed by atoms with van der Waals surface area (Å²) in [5, 5.41) is 0. The average molecular weight is 299 g/mol. The molecule has 1 unspecified atom stereocenters. The van der Waals surface area contributed by atoms with Crippen molar-refractivity contribution in [3.63, 3.8) is 0 Å². The van der Waals surface area contributed by atoms with Crippen LogP contribution in [0.25, 0.3) is 0 Å². The molecule has 7 heteroatoms. The lowest BCUT2D eigenvalue weighted by Gasteiger charge is -2.24. The van der Waals surface area contributed by atoms with Gasteiger partial charge in [-0.25, -0.2) is 4.39 Å². The molecule has 0 spiro atoms. The molecule has 114 valence electrons. The molecule has 0 heterocycles. The first kappa shape index (κ1) is 16.7. The monoisotopic (exact) mass is 299 g/mol. The molecule has 1 atom stereocenters. The van der Waals surface area contributed by atoms with Crippen molar-refractivity contribution in [1.29, 1.82) is 0 Å². The fourth-order valence-electron chi connectivity index (χ4n) is 1.80. The van der Waals surface area contributed by atoms with Crippen LogP contribution in [0.5, 0.6) is 0 Å². The fraction of sp³-hybridized carbons (Fsp3) is 0.538. The molecule has 0 N–H and O–H groups in total. The Morgan fingerprint density at radius 2 is 1.40 bits per heavy atom. The van der Waals surface area contributed by atoms with Crippen LogP contribution < -0.4 is 4.90 Å². The molecule has 0 fully saturated rings. The van der Waals surface area contributed by atoms with E-state index in [1.807, 2.05) is 18.7 Å². The number of benzene rings is 1. The van der Waals surface area contributed by atoms with Crippen LogP contribution in [0.3, 0.4) is 0 Å². The van der Waals surface area contributed by atoms with Crippen molar-refractivity contribution in [2.45, 2.75) is 32.1 Å². The van der Waals surface area contributed by atoms with Crippen LogP contribution in [0, 0.1) is 0 Å². The standard InChI is InChI=1S/C13H15F6N/c1-3-20(4-2)10-7-5-9(6-8-10)11(14)12(15,16)13(17,18)19/h5-8,11H,3-4H2,1-2H3. The Kier molecular flexibility index (Phi) is 4.94. The van der Waals surface area contributed by atoms with E-state index in [-0.39, 0.29) is 0 Å². The zero-order valence-corrected chi connectivity index (χ0v) is 11.0. The third kappa shape index (κ3) is 3.19. The number of alkyl halides is 6. The van der Waals surface area contributed by atoms with E-state index >= 15 is 0 Å². The maximum Gasteiger partial charge on any atom is 0.456 e. The lowest BCUT2D eigenvalue weighted by atomic mass is 10.0. The maximum atomic E-state index is 13.4. The predicted molar refractivity (Wildman–Crippen MR) is 64.9 cm³/mol. The van der Waals surface area contributed by atoms with Crippen molar-refractivity contribution in [3.05, 3.63) is 29.8 Å². The minimum absolute atomic E-state index is 0.640. The van der Waals surface area contributed by atoms with Crippen molar-refractivity contribution >= 4 is 5.69 Å². The van der Waals surface area contributed by atoms with Gasteiger partial charge in [-0.3, -0.25) is 0 Å². The highest BCUT2D eigenvalue weighted by Gasteiger charge is 2.63.